The summed E-state index contributed by atoms with van der Waals surface area (Å²) in [6.45, 7) is 1.89. The normalized spacial score (nSPS) is 10.5. The minimum Gasteiger partial charge on any atom is -0.497 e. The molecule has 0 atom stereocenters. The van der Waals surface area contributed by atoms with Crippen LogP contribution in [0.3, 0.4) is 0 Å². The second-order valence-electron chi connectivity index (χ2n) is 3.80. The Labute approximate surface area is 97.1 Å². The smallest absolute Gasteiger partial charge is 0.351 e. The SMILES string of the molecule is COc1cc(C)cc(-n2[nH]c(=O)n(C)c2=O)c1. The Bertz CT molecular complexity index is 663. The van der Waals surface area contributed by atoms with E-state index in [0.717, 1.165) is 10.1 Å². The maximum absolute atomic E-state index is 11.8. The highest BCUT2D eigenvalue weighted by molar-refractivity contribution is 5.42. The monoisotopic (exact) mass is 235 g/mol. The number of benzene rings is 1. The Balaban J connectivity index is 2.68. The van der Waals surface area contributed by atoms with Crippen molar-refractivity contribution >= 4 is 0 Å². The Kier molecular flexibility index (Phi) is 2.63. The van der Waals surface area contributed by atoms with Crippen molar-refractivity contribution in [2.75, 3.05) is 7.11 Å². The summed E-state index contributed by atoms with van der Waals surface area (Å²) in [5.41, 5.74) is 0.652. The third-order valence-corrected chi connectivity index (χ3v) is 2.52. The average Bonchev–Trinajstić information content (AvgIpc) is 2.56. The molecule has 0 saturated heterocycles. The fraction of sp³-hybridized carbons (Fsp3) is 0.273. The molecule has 0 aliphatic carbocycles. The van der Waals surface area contributed by atoms with Gasteiger partial charge in [0.15, 0.2) is 0 Å². The summed E-state index contributed by atoms with van der Waals surface area (Å²) in [6.07, 6.45) is 0. The van der Waals surface area contributed by atoms with Crippen LogP contribution >= 0.6 is 0 Å². The van der Waals surface area contributed by atoms with Crippen molar-refractivity contribution in [2.24, 2.45) is 7.05 Å². The van der Waals surface area contributed by atoms with E-state index in [4.69, 9.17) is 4.74 Å². The standard InChI is InChI=1S/C11H13N3O3/c1-7-4-8(6-9(5-7)17-3)14-11(16)13(2)10(15)12-14/h4-6H,1-3H3,(H,12,15). The van der Waals surface area contributed by atoms with Crippen LogP contribution < -0.4 is 16.1 Å². The van der Waals surface area contributed by atoms with Crippen LogP contribution in [0.1, 0.15) is 5.56 Å². The summed E-state index contributed by atoms with van der Waals surface area (Å²) in [5.74, 6) is 0.636. The lowest BCUT2D eigenvalue weighted by Gasteiger charge is -2.06. The van der Waals surface area contributed by atoms with E-state index in [1.807, 2.05) is 13.0 Å². The molecule has 6 heteroatoms. The lowest BCUT2D eigenvalue weighted by Crippen LogP contribution is -2.25. The summed E-state index contributed by atoms with van der Waals surface area (Å²) in [6, 6.07) is 5.32. The van der Waals surface area contributed by atoms with Crippen LogP contribution in [0.15, 0.2) is 27.8 Å². The molecule has 1 aromatic carbocycles. The minimum absolute atomic E-state index is 0.414. The molecule has 0 unspecified atom stereocenters. The van der Waals surface area contributed by atoms with Gasteiger partial charge in [-0.3, -0.25) is 0 Å². The zero-order chi connectivity index (χ0) is 12.6. The highest BCUT2D eigenvalue weighted by atomic mass is 16.5. The zero-order valence-electron chi connectivity index (χ0n) is 9.85. The predicted octanol–water partition coefficient (Wildman–Crippen LogP) is 0.181. The van der Waals surface area contributed by atoms with Gasteiger partial charge in [0.25, 0.3) is 0 Å². The molecule has 6 nitrogen and oxygen atoms in total. The molecule has 0 spiro atoms. The first-order valence-corrected chi connectivity index (χ1v) is 5.07. The largest absolute Gasteiger partial charge is 0.497 e. The first-order chi connectivity index (χ1) is 8.02. The highest BCUT2D eigenvalue weighted by Crippen LogP contribution is 2.17. The molecule has 90 valence electrons. The Morgan fingerprint density at radius 2 is 1.94 bits per heavy atom. The fourth-order valence-electron chi connectivity index (χ4n) is 1.61. The van der Waals surface area contributed by atoms with Crippen LogP contribution in [-0.4, -0.2) is 21.5 Å². The predicted molar refractivity (Wildman–Crippen MR) is 62.9 cm³/mol. The van der Waals surface area contributed by atoms with Crippen LogP contribution in [-0.2, 0) is 7.05 Å². The molecule has 0 aliphatic rings. The zero-order valence-corrected chi connectivity index (χ0v) is 9.85. The molecule has 2 aromatic rings. The van der Waals surface area contributed by atoms with Gasteiger partial charge in [-0.05, 0) is 24.6 Å². The number of aryl methyl sites for hydroxylation is 1. The van der Waals surface area contributed by atoms with Crippen molar-refractivity contribution in [3.63, 3.8) is 0 Å². The second-order valence-corrected chi connectivity index (χ2v) is 3.80. The third kappa shape index (κ3) is 1.89. The number of H-pyrrole nitrogens is 1. The number of aromatic nitrogens is 3. The van der Waals surface area contributed by atoms with E-state index in [-0.39, 0.29) is 0 Å². The summed E-state index contributed by atoms with van der Waals surface area (Å²) in [7, 11) is 2.97. The summed E-state index contributed by atoms with van der Waals surface area (Å²) >= 11 is 0. The molecular weight excluding hydrogens is 222 g/mol. The highest BCUT2D eigenvalue weighted by Gasteiger charge is 2.08. The van der Waals surface area contributed by atoms with Gasteiger partial charge in [-0.2, -0.15) is 0 Å². The van der Waals surface area contributed by atoms with Gasteiger partial charge in [-0.25, -0.2) is 23.9 Å². The third-order valence-electron chi connectivity index (χ3n) is 2.52. The molecule has 0 aliphatic heterocycles. The maximum atomic E-state index is 11.8. The Hall–Kier alpha value is -2.24. The number of aromatic amines is 1. The molecule has 0 bridgehead atoms. The van der Waals surface area contributed by atoms with Crippen LogP contribution in [0.2, 0.25) is 0 Å². The molecular formula is C11H13N3O3. The number of rotatable bonds is 2. The van der Waals surface area contributed by atoms with Gasteiger partial charge in [-0.15, -0.1) is 0 Å². The van der Waals surface area contributed by atoms with E-state index in [1.165, 1.54) is 11.7 Å². The van der Waals surface area contributed by atoms with Crippen molar-refractivity contribution in [1.29, 1.82) is 0 Å². The number of nitrogens with zero attached hydrogens (tertiary/aromatic N) is 2. The fourth-order valence-corrected chi connectivity index (χ4v) is 1.61. The number of methoxy groups -OCH3 is 1. The van der Waals surface area contributed by atoms with E-state index >= 15 is 0 Å². The van der Waals surface area contributed by atoms with Crippen LogP contribution in [0.5, 0.6) is 5.75 Å². The van der Waals surface area contributed by atoms with Gasteiger partial charge in [0.1, 0.15) is 5.75 Å². The van der Waals surface area contributed by atoms with Gasteiger partial charge in [0, 0.05) is 13.1 Å². The van der Waals surface area contributed by atoms with Crippen molar-refractivity contribution in [3.8, 4) is 11.4 Å². The summed E-state index contributed by atoms with van der Waals surface area (Å²) < 4.78 is 7.32. The quantitative estimate of drug-likeness (QED) is 0.807. The van der Waals surface area contributed by atoms with Gasteiger partial charge >= 0.3 is 11.4 Å². The van der Waals surface area contributed by atoms with Gasteiger partial charge in [0.05, 0.1) is 12.8 Å². The van der Waals surface area contributed by atoms with Crippen molar-refractivity contribution in [2.45, 2.75) is 6.92 Å². The number of hydrogen-bond acceptors (Lipinski definition) is 3. The number of hydrogen-bond donors (Lipinski definition) is 1. The first-order valence-electron chi connectivity index (χ1n) is 5.07. The van der Waals surface area contributed by atoms with Crippen LogP contribution in [0, 0.1) is 6.92 Å². The second kappa shape index (κ2) is 3.97. The first kappa shape index (κ1) is 11.3. The maximum Gasteiger partial charge on any atom is 0.351 e. The van der Waals surface area contributed by atoms with E-state index in [0.29, 0.717) is 11.4 Å². The van der Waals surface area contributed by atoms with E-state index in [9.17, 15) is 9.59 Å². The molecule has 0 fully saturated rings. The number of nitrogens with one attached hydrogen (secondary N) is 1. The van der Waals surface area contributed by atoms with E-state index in [2.05, 4.69) is 5.10 Å². The molecule has 1 heterocycles. The van der Waals surface area contributed by atoms with Crippen LogP contribution in [0.4, 0.5) is 0 Å². The lowest BCUT2D eigenvalue weighted by molar-refractivity contribution is 0.414. The van der Waals surface area contributed by atoms with Gasteiger partial charge in [-0.1, -0.05) is 0 Å². The van der Waals surface area contributed by atoms with E-state index in [1.54, 1.807) is 19.2 Å². The molecule has 0 radical (unpaired) electrons. The minimum atomic E-state index is -0.449. The molecule has 2 rings (SSSR count). The van der Waals surface area contributed by atoms with Crippen molar-refractivity contribution in [1.82, 2.24) is 14.3 Å². The van der Waals surface area contributed by atoms with Gasteiger partial charge in [0.2, 0.25) is 0 Å². The topological polar surface area (TPSA) is 69.0 Å². The van der Waals surface area contributed by atoms with Crippen molar-refractivity contribution < 1.29 is 4.74 Å². The molecule has 0 saturated carbocycles. The lowest BCUT2D eigenvalue weighted by atomic mass is 10.2. The molecule has 17 heavy (non-hydrogen) atoms. The molecule has 0 amide bonds. The number of ether oxygens (including phenoxy) is 1. The van der Waals surface area contributed by atoms with Crippen molar-refractivity contribution in [3.05, 3.63) is 44.7 Å². The molecule has 1 N–H and O–H groups in total. The Morgan fingerprint density at radius 3 is 2.47 bits per heavy atom. The van der Waals surface area contributed by atoms with Crippen LogP contribution in [0.25, 0.3) is 5.69 Å². The summed E-state index contributed by atoms with van der Waals surface area (Å²) in [4.78, 5) is 23.1. The summed E-state index contributed by atoms with van der Waals surface area (Å²) in [5, 5.41) is 2.46. The Morgan fingerprint density at radius 1 is 1.24 bits per heavy atom. The van der Waals surface area contributed by atoms with Gasteiger partial charge < -0.3 is 4.74 Å². The average molecular weight is 235 g/mol. The molecule has 1 aromatic heterocycles. The van der Waals surface area contributed by atoms with E-state index < -0.39 is 11.4 Å².